The number of pyridine rings is 1. The number of nitrogens with zero attached hydrogens (tertiary/aromatic N) is 3. The Hall–Kier alpha value is -1.79. The van der Waals surface area contributed by atoms with Crippen LogP contribution in [0.5, 0.6) is 0 Å². The van der Waals surface area contributed by atoms with Crippen LogP contribution in [0.4, 0.5) is 19.0 Å². The largest absolute Gasteiger partial charge is 0.433 e. The highest BCUT2D eigenvalue weighted by Gasteiger charge is 2.36. The first-order valence-corrected chi connectivity index (χ1v) is 6.33. The number of carbonyl (C=O) groups excluding carboxylic acids is 1. The Morgan fingerprint density at radius 2 is 2.10 bits per heavy atom. The normalized spacial score (nSPS) is 19.2. The van der Waals surface area contributed by atoms with E-state index in [1.807, 2.05) is 0 Å². The van der Waals surface area contributed by atoms with Gasteiger partial charge in [0.25, 0.3) is 0 Å². The molecule has 20 heavy (non-hydrogen) atoms. The van der Waals surface area contributed by atoms with Crippen LogP contribution in [0.2, 0.25) is 0 Å². The standard InChI is InChI=1S/C13H16F3N3O/c1-18(2)12(20)9-5-4-8-19(9)11-7-3-6-10(17-11)13(14,15)16/h3,6-7,9H,4-5,8H2,1-2H3. The Labute approximate surface area is 115 Å². The summed E-state index contributed by atoms with van der Waals surface area (Å²) >= 11 is 0. The van der Waals surface area contributed by atoms with Gasteiger partial charge < -0.3 is 9.80 Å². The van der Waals surface area contributed by atoms with E-state index in [1.165, 1.54) is 17.0 Å². The number of alkyl halides is 3. The Kier molecular flexibility index (Phi) is 3.87. The van der Waals surface area contributed by atoms with Crippen LogP contribution in [0.1, 0.15) is 18.5 Å². The van der Waals surface area contributed by atoms with Crippen LogP contribution in [-0.4, -0.2) is 42.5 Å². The van der Waals surface area contributed by atoms with E-state index in [1.54, 1.807) is 19.0 Å². The van der Waals surface area contributed by atoms with Gasteiger partial charge in [0, 0.05) is 20.6 Å². The summed E-state index contributed by atoms with van der Waals surface area (Å²) in [6, 6.07) is 3.33. The molecule has 1 fully saturated rings. The van der Waals surface area contributed by atoms with Gasteiger partial charge in [-0.25, -0.2) is 4.98 Å². The summed E-state index contributed by atoms with van der Waals surface area (Å²) in [5, 5.41) is 0. The quantitative estimate of drug-likeness (QED) is 0.836. The molecule has 1 atom stereocenters. The molecule has 0 bridgehead atoms. The lowest BCUT2D eigenvalue weighted by Crippen LogP contribution is -2.43. The maximum absolute atomic E-state index is 12.7. The van der Waals surface area contributed by atoms with Gasteiger partial charge in [-0.2, -0.15) is 13.2 Å². The van der Waals surface area contributed by atoms with E-state index in [0.717, 1.165) is 12.5 Å². The average Bonchev–Trinajstić information content (AvgIpc) is 2.86. The molecule has 110 valence electrons. The molecule has 4 nitrogen and oxygen atoms in total. The zero-order valence-corrected chi connectivity index (χ0v) is 11.3. The van der Waals surface area contributed by atoms with Crippen LogP contribution in [-0.2, 0) is 11.0 Å². The molecular weight excluding hydrogens is 271 g/mol. The first-order chi connectivity index (χ1) is 9.30. The number of hydrogen-bond donors (Lipinski definition) is 0. The fraction of sp³-hybridized carbons (Fsp3) is 0.538. The summed E-state index contributed by atoms with van der Waals surface area (Å²) in [5.41, 5.74) is -0.932. The van der Waals surface area contributed by atoms with Gasteiger partial charge in [-0.15, -0.1) is 0 Å². The smallest absolute Gasteiger partial charge is 0.347 e. The van der Waals surface area contributed by atoms with Crippen LogP contribution in [0.3, 0.4) is 0 Å². The van der Waals surface area contributed by atoms with Gasteiger partial charge in [0.2, 0.25) is 5.91 Å². The number of anilines is 1. The first kappa shape index (κ1) is 14.6. The number of carbonyl (C=O) groups is 1. The lowest BCUT2D eigenvalue weighted by Gasteiger charge is -2.27. The van der Waals surface area contributed by atoms with Gasteiger partial charge in [0.05, 0.1) is 0 Å². The van der Waals surface area contributed by atoms with E-state index >= 15 is 0 Å². The average molecular weight is 287 g/mol. The molecule has 2 heterocycles. The fourth-order valence-electron chi connectivity index (χ4n) is 2.34. The third kappa shape index (κ3) is 2.86. The number of likely N-dealkylation sites (N-methyl/N-ethyl adjacent to an activating group) is 1. The first-order valence-electron chi connectivity index (χ1n) is 6.33. The van der Waals surface area contributed by atoms with E-state index in [0.29, 0.717) is 13.0 Å². The number of rotatable bonds is 2. The predicted molar refractivity (Wildman–Crippen MR) is 68.3 cm³/mol. The van der Waals surface area contributed by atoms with Crippen molar-refractivity contribution in [3.63, 3.8) is 0 Å². The Morgan fingerprint density at radius 3 is 2.70 bits per heavy atom. The molecule has 2 rings (SSSR count). The molecule has 1 aliphatic heterocycles. The third-order valence-corrected chi connectivity index (χ3v) is 3.30. The van der Waals surface area contributed by atoms with E-state index in [2.05, 4.69) is 4.98 Å². The lowest BCUT2D eigenvalue weighted by molar-refractivity contribution is -0.141. The summed E-state index contributed by atoms with van der Waals surface area (Å²) in [7, 11) is 3.27. The Morgan fingerprint density at radius 1 is 1.40 bits per heavy atom. The minimum atomic E-state index is -4.48. The molecule has 1 unspecified atom stereocenters. The fourth-order valence-corrected chi connectivity index (χ4v) is 2.34. The van der Waals surface area contributed by atoms with Crippen LogP contribution < -0.4 is 4.90 Å². The molecular formula is C13H16F3N3O. The summed E-state index contributed by atoms with van der Waals surface area (Å²) in [6.07, 6.45) is -3.08. The molecule has 0 spiro atoms. The van der Waals surface area contributed by atoms with E-state index in [4.69, 9.17) is 0 Å². The molecule has 1 amide bonds. The van der Waals surface area contributed by atoms with E-state index < -0.39 is 17.9 Å². The van der Waals surface area contributed by atoms with Gasteiger partial charge >= 0.3 is 6.18 Å². The second-order valence-corrected chi connectivity index (χ2v) is 4.96. The van der Waals surface area contributed by atoms with Crippen molar-refractivity contribution in [2.45, 2.75) is 25.1 Å². The zero-order valence-electron chi connectivity index (χ0n) is 11.3. The molecule has 1 aromatic heterocycles. The monoisotopic (exact) mass is 287 g/mol. The molecule has 0 saturated carbocycles. The zero-order chi connectivity index (χ0) is 14.9. The maximum Gasteiger partial charge on any atom is 0.433 e. The molecule has 1 aliphatic rings. The van der Waals surface area contributed by atoms with Crippen molar-refractivity contribution in [3.05, 3.63) is 23.9 Å². The van der Waals surface area contributed by atoms with Gasteiger partial charge in [-0.1, -0.05) is 6.07 Å². The number of aromatic nitrogens is 1. The van der Waals surface area contributed by atoms with Crippen molar-refractivity contribution >= 4 is 11.7 Å². The molecule has 1 aromatic rings. The minimum Gasteiger partial charge on any atom is -0.347 e. The summed E-state index contributed by atoms with van der Waals surface area (Å²) in [6.45, 7) is 0.540. The second kappa shape index (κ2) is 5.30. The molecule has 0 aromatic carbocycles. The van der Waals surface area contributed by atoms with Gasteiger partial charge in [-0.05, 0) is 25.0 Å². The SMILES string of the molecule is CN(C)C(=O)C1CCCN1c1cccc(C(F)(F)F)n1. The summed E-state index contributed by atoms with van der Waals surface area (Å²) < 4.78 is 38.0. The number of amides is 1. The highest BCUT2D eigenvalue weighted by atomic mass is 19.4. The summed E-state index contributed by atoms with van der Waals surface area (Å²) in [4.78, 5) is 18.8. The van der Waals surface area contributed by atoms with Crippen LogP contribution in [0, 0.1) is 0 Å². The van der Waals surface area contributed by atoms with Crippen LogP contribution in [0.25, 0.3) is 0 Å². The van der Waals surface area contributed by atoms with Gasteiger partial charge in [0.15, 0.2) is 0 Å². The topological polar surface area (TPSA) is 36.4 Å². The van der Waals surface area contributed by atoms with Crippen molar-refractivity contribution in [2.75, 3.05) is 25.5 Å². The molecule has 1 saturated heterocycles. The van der Waals surface area contributed by atoms with Crippen molar-refractivity contribution in [2.24, 2.45) is 0 Å². The molecule has 0 radical (unpaired) electrons. The predicted octanol–water partition coefficient (Wildman–Crippen LogP) is 2.16. The van der Waals surface area contributed by atoms with Crippen molar-refractivity contribution in [1.29, 1.82) is 0 Å². The second-order valence-electron chi connectivity index (χ2n) is 4.96. The lowest BCUT2D eigenvalue weighted by atomic mass is 10.2. The van der Waals surface area contributed by atoms with Crippen LogP contribution >= 0.6 is 0 Å². The van der Waals surface area contributed by atoms with Crippen molar-refractivity contribution in [3.8, 4) is 0 Å². The maximum atomic E-state index is 12.7. The van der Waals surface area contributed by atoms with Crippen LogP contribution in [0.15, 0.2) is 18.2 Å². The minimum absolute atomic E-state index is 0.110. The van der Waals surface area contributed by atoms with Gasteiger partial charge in [-0.3, -0.25) is 4.79 Å². The van der Waals surface area contributed by atoms with Gasteiger partial charge in [0.1, 0.15) is 17.6 Å². The number of halogens is 3. The van der Waals surface area contributed by atoms with E-state index in [-0.39, 0.29) is 11.7 Å². The van der Waals surface area contributed by atoms with E-state index in [9.17, 15) is 18.0 Å². The summed E-state index contributed by atoms with van der Waals surface area (Å²) in [5.74, 6) is 0.0965. The molecule has 0 N–H and O–H groups in total. The highest BCUT2D eigenvalue weighted by Crippen LogP contribution is 2.31. The Bertz CT molecular complexity index is 502. The highest BCUT2D eigenvalue weighted by molar-refractivity contribution is 5.85. The Balaban J connectivity index is 2.29. The number of hydrogen-bond acceptors (Lipinski definition) is 3. The molecule has 0 aliphatic carbocycles. The third-order valence-electron chi connectivity index (χ3n) is 3.30. The molecule has 7 heteroatoms. The van der Waals surface area contributed by atoms with Crippen molar-refractivity contribution in [1.82, 2.24) is 9.88 Å². The van der Waals surface area contributed by atoms with Crippen molar-refractivity contribution < 1.29 is 18.0 Å².